The summed E-state index contributed by atoms with van der Waals surface area (Å²) in [4.78, 5) is 2.13. The standard InChI is InChI=1S/C14H22FNO/c1-10(2)7-8-16(4)11(3)13-6-5-12(17)9-14(13)15/h5-6,9-11,17H,7-8H2,1-4H3. The topological polar surface area (TPSA) is 23.5 Å². The van der Waals surface area contributed by atoms with E-state index in [1.54, 1.807) is 6.07 Å². The molecule has 96 valence electrons. The molecule has 0 aliphatic carbocycles. The van der Waals surface area contributed by atoms with Gasteiger partial charge in [0.05, 0.1) is 0 Å². The van der Waals surface area contributed by atoms with E-state index in [1.165, 1.54) is 12.1 Å². The number of hydrogen-bond acceptors (Lipinski definition) is 2. The van der Waals surface area contributed by atoms with Crippen molar-refractivity contribution in [2.24, 2.45) is 5.92 Å². The summed E-state index contributed by atoms with van der Waals surface area (Å²) < 4.78 is 13.7. The summed E-state index contributed by atoms with van der Waals surface area (Å²) >= 11 is 0. The van der Waals surface area contributed by atoms with E-state index in [2.05, 4.69) is 18.7 Å². The van der Waals surface area contributed by atoms with Crippen molar-refractivity contribution in [3.8, 4) is 5.75 Å². The third-order valence-corrected chi connectivity index (χ3v) is 3.15. The maximum Gasteiger partial charge on any atom is 0.131 e. The number of halogens is 1. The fraction of sp³-hybridized carbons (Fsp3) is 0.571. The summed E-state index contributed by atoms with van der Waals surface area (Å²) in [6.07, 6.45) is 1.10. The number of rotatable bonds is 5. The maximum atomic E-state index is 13.7. The Morgan fingerprint density at radius 1 is 1.29 bits per heavy atom. The van der Waals surface area contributed by atoms with Crippen LogP contribution in [-0.2, 0) is 0 Å². The lowest BCUT2D eigenvalue weighted by Crippen LogP contribution is -2.25. The van der Waals surface area contributed by atoms with Crippen molar-refractivity contribution in [3.63, 3.8) is 0 Å². The molecule has 0 heterocycles. The summed E-state index contributed by atoms with van der Waals surface area (Å²) in [5.41, 5.74) is 0.633. The number of aromatic hydroxyl groups is 1. The molecule has 0 saturated heterocycles. The molecule has 0 radical (unpaired) electrons. The first-order valence-electron chi connectivity index (χ1n) is 6.10. The van der Waals surface area contributed by atoms with Crippen LogP contribution < -0.4 is 0 Å². The Labute approximate surface area is 103 Å². The summed E-state index contributed by atoms with van der Waals surface area (Å²) in [7, 11) is 2.00. The largest absolute Gasteiger partial charge is 0.508 e. The lowest BCUT2D eigenvalue weighted by atomic mass is 10.0. The zero-order valence-corrected chi connectivity index (χ0v) is 11.1. The Kier molecular flexibility index (Phi) is 4.94. The van der Waals surface area contributed by atoms with Gasteiger partial charge in [0.1, 0.15) is 11.6 Å². The van der Waals surface area contributed by atoms with Gasteiger partial charge in [-0.15, -0.1) is 0 Å². The van der Waals surface area contributed by atoms with Gasteiger partial charge in [0, 0.05) is 17.7 Å². The van der Waals surface area contributed by atoms with Crippen molar-refractivity contribution < 1.29 is 9.50 Å². The minimum Gasteiger partial charge on any atom is -0.508 e. The molecule has 0 aliphatic rings. The number of hydrogen-bond donors (Lipinski definition) is 1. The molecule has 0 amide bonds. The SMILES string of the molecule is CC(C)CCN(C)C(C)c1ccc(O)cc1F. The molecule has 0 spiro atoms. The molecular formula is C14H22FNO. The quantitative estimate of drug-likeness (QED) is 0.849. The van der Waals surface area contributed by atoms with Gasteiger partial charge in [-0.25, -0.2) is 4.39 Å². The molecule has 0 aromatic heterocycles. The zero-order chi connectivity index (χ0) is 13.0. The van der Waals surface area contributed by atoms with Gasteiger partial charge in [0.2, 0.25) is 0 Å². The lowest BCUT2D eigenvalue weighted by molar-refractivity contribution is 0.241. The van der Waals surface area contributed by atoms with Crippen LogP contribution in [0.4, 0.5) is 4.39 Å². The van der Waals surface area contributed by atoms with Gasteiger partial charge >= 0.3 is 0 Å². The van der Waals surface area contributed by atoms with Crippen LogP contribution in [0.3, 0.4) is 0 Å². The van der Waals surface area contributed by atoms with Crippen molar-refractivity contribution in [3.05, 3.63) is 29.6 Å². The van der Waals surface area contributed by atoms with Gasteiger partial charge in [-0.2, -0.15) is 0 Å². The van der Waals surface area contributed by atoms with Crippen molar-refractivity contribution in [2.75, 3.05) is 13.6 Å². The van der Waals surface area contributed by atoms with E-state index < -0.39 is 0 Å². The Balaban J connectivity index is 2.71. The van der Waals surface area contributed by atoms with Crippen molar-refractivity contribution in [1.29, 1.82) is 0 Å². The molecule has 1 rings (SSSR count). The second-order valence-electron chi connectivity index (χ2n) is 5.04. The molecule has 1 aromatic carbocycles. The van der Waals surface area contributed by atoms with Crippen LogP contribution >= 0.6 is 0 Å². The van der Waals surface area contributed by atoms with Crippen molar-refractivity contribution in [2.45, 2.75) is 33.2 Å². The second-order valence-corrected chi connectivity index (χ2v) is 5.04. The minimum atomic E-state index is -0.339. The normalized spacial score (nSPS) is 13.4. The Bertz CT molecular complexity index is 365. The van der Waals surface area contributed by atoms with E-state index in [1.807, 2.05) is 14.0 Å². The fourth-order valence-corrected chi connectivity index (χ4v) is 1.75. The van der Waals surface area contributed by atoms with Gasteiger partial charge in [0.25, 0.3) is 0 Å². The first kappa shape index (κ1) is 14.0. The number of phenolic OH excluding ortho intramolecular Hbond substituents is 1. The Morgan fingerprint density at radius 3 is 2.47 bits per heavy atom. The second kappa shape index (κ2) is 6.01. The van der Waals surface area contributed by atoms with E-state index in [4.69, 9.17) is 0 Å². The predicted octanol–water partition coefficient (Wildman–Crippen LogP) is 3.57. The third kappa shape index (κ3) is 4.00. The third-order valence-electron chi connectivity index (χ3n) is 3.15. The van der Waals surface area contributed by atoms with Crippen LogP contribution in [0.25, 0.3) is 0 Å². The van der Waals surface area contributed by atoms with Crippen LogP contribution in [-0.4, -0.2) is 23.6 Å². The van der Waals surface area contributed by atoms with Gasteiger partial charge in [-0.05, 0) is 38.9 Å². The molecule has 1 N–H and O–H groups in total. The van der Waals surface area contributed by atoms with Crippen LogP contribution in [0, 0.1) is 11.7 Å². The van der Waals surface area contributed by atoms with E-state index >= 15 is 0 Å². The first-order valence-corrected chi connectivity index (χ1v) is 6.10. The van der Waals surface area contributed by atoms with E-state index in [-0.39, 0.29) is 17.6 Å². The molecule has 0 aliphatic heterocycles. The van der Waals surface area contributed by atoms with E-state index in [9.17, 15) is 9.50 Å². The molecule has 0 saturated carbocycles. The Hall–Kier alpha value is -1.09. The summed E-state index contributed by atoms with van der Waals surface area (Å²) in [6.45, 7) is 7.29. The highest BCUT2D eigenvalue weighted by Gasteiger charge is 2.15. The molecule has 3 heteroatoms. The number of phenols is 1. The highest BCUT2D eigenvalue weighted by Crippen LogP contribution is 2.25. The molecule has 2 nitrogen and oxygen atoms in total. The molecule has 0 bridgehead atoms. The van der Waals surface area contributed by atoms with Gasteiger partial charge in [0.15, 0.2) is 0 Å². The molecule has 1 unspecified atom stereocenters. The average Bonchev–Trinajstić information content (AvgIpc) is 2.25. The molecule has 17 heavy (non-hydrogen) atoms. The van der Waals surface area contributed by atoms with Gasteiger partial charge < -0.3 is 5.11 Å². The van der Waals surface area contributed by atoms with Crippen LogP contribution in [0.1, 0.15) is 38.8 Å². The van der Waals surface area contributed by atoms with Crippen molar-refractivity contribution >= 4 is 0 Å². The predicted molar refractivity (Wildman–Crippen MR) is 68.6 cm³/mol. The lowest BCUT2D eigenvalue weighted by Gasteiger charge is -2.26. The van der Waals surface area contributed by atoms with Crippen LogP contribution in [0.5, 0.6) is 5.75 Å². The zero-order valence-electron chi connectivity index (χ0n) is 11.1. The van der Waals surface area contributed by atoms with Gasteiger partial charge in [-0.1, -0.05) is 19.9 Å². The van der Waals surface area contributed by atoms with E-state index in [0.29, 0.717) is 11.5 Å². The maximum absolute atomic E-state index is 13.7. The Morgan fingerprint density at radius 2 is 1.94 bits per heavy atom. The summed E-state index contributed by atoms with van der Waals surface area (Å²) in [5.74, 6) is 0.284. The van der Waals surface area contributed by atoms with E-state index in [0.717, 1.165) is 13.0 Å². The van der Waals surface area contributed by atoms with Gasteiger partial charge in [-0.3, -0.25) is 4.90 Å². The highest BCUT2D eigenvalue weighted by molar-refractivity contribution is 5.29. The van der Waals surface area contributed by atoms with Crippen LogP contribution in [0.15, 0.2) is 18.2 Å². The molecule has 1 atom stereocenters. The smallest absolute Gasteiger partial charge is 0.131 e. The molecule has 1 aromatic rings. The first-order chi connectivity index (χ1) is 7.91. The number of benzene rings is 1. The molecular weight excluding hydrogens is 217 g/mol. The molecule has 0 fully saturated rings. The fourth-order valence-electron chi connectivity index (χ4n) is 1.75. The van der Waals surface area contributed by atoms with Crippen molar-refractivity contribution in [1.82, 2.24) is 4.90 Å². The number of nitrogens with zero attached hydrogens (tertiary/aromatic N) is 1. The monoisotopic (exact) mass is 239 g/mol. The average molecular weight is 239 g/mol. The minimum absolute atomic E-state index is 0.0225. The summed E-state index contributed by atoms with van der Waals surface area (Å²) in [5, 5.41) is 9.18. The highest BCUT2D eigenvalue weighted by atomic mass is 19.1. The summed E-state index contributed by atoms with van der Waals surface area (Å²) in [6, 6.07) is 4.38. The van der Waals surface area contributed by atoms with Crippen LogP contribution in [0.2, 0.25) is 0 Å².